The number of amides is 1. The van der Waals surface area contributed by atoms with Gasteiger partial charge in [-0.3, -0.25) is 4.79 Å². The van der Waals surface area contributed by atoms with Crippen LogP contribution in [0.5, 0.6) is 5.75 Å². The Bertz CT molecular complexity index is 1380. The molecule has 3 heterocycles. The molecule has 10 nitrogen and oxygen atoms in total. The number of ether oxygens (including phenoxy) is 3. The monoisotopic (exact) mass is 561 g/mol. The van der Waals surface area contributed by atoms with Gasteiger partial charge in [-0.1, -0.05) is 66.9 Å². The highest BCUT2D eigenvalue weighted by molar-refractivity contribution is 7.98. The molecule has 0 radical (unpaired) electrons. The van der Waals surface area contributed by atoms with E-state index in [-0.39, 0.29) is 19.1 Å². The van der Waals surface area contributed by atoms with E-state index >= 15 is 0 Å². The van der Waals surface area contributed by atoms with Crippen molar-refractivity contribution in [3.05, 3.63) is 89.6 Å². The van der Waals surface area contributed by atoms with Crippen LogP contribution in [0.4, 0.5) is 5.95 Å². The second-order valence-electron chi connectivity index (χ2n) is 9.24. The summed E-state index contributed by atoms with van der Waals surface area (Å²) in [5, 5.41) is 8.56. The SMILES string of the molecule is C=CCOC(=O)C1=C(C)Nc2nc(SCc3ccccc3)nn2C1c1ccc(OCC(=O)N2CCOCC2)cc1. The lowest BCUT2D eigenvalue weighted by atomic mass is 9.96. The summed E-state index contributed by atoms with van der Waals surface area (Å²) >= 11 is 1.52. The van der Waals surface area contributed by atoms with Gasteiger partial charge < -0.3 is 24.4 Å². The largest absolute Gasteiger partial charge is 0.484 e. The van der Waals surface area contributed by atoms with Gasteiger partial charge in [0, 0.05) is 24.5 Å². The summed E-state index contributed by atoms with van der Waals surface area (Å²) in [7, 11) is 0. The highest BCUT2D eigenvalue weighted by atomic mass is 32.2. The summed E-state index contributed by atoms with van der Waals surface area (Å²) in [5.74, 6) is 1.25. The standard InChI is InChI=1S/C29H31N5O5S/c1-3-15-38-27(36)25-20(2)30-28-31-29(40-19-21-7-5-4-6-8-21)32-34(28)26(25)22-9-11-23(12-10-22)39-18-24(35)33-13-16-37-17-14-33/h3-12,26H,1,13-19H2,2H3,(H,30,31,32). The van der Waals surface area contributed by atoms with Gasteiger partial charge in [-0.05, 0) is 30.2 Å². The molecule has 1 unspecified atom stereocenters. The number of hydrogen-bond donors (Lipinski definition) is 1. The Morgan fingerprint density at radius 3 is 2.62 bits per heavy atom. The first-order chi connectivity index (χ1) is 19.5. The van der Waals surface area contributed by atoms with Crippen molar-refractivity contribution in [2.75, 3.05) is 44.8 Å². The molecule has 2 aromatic carbocycles. The smallest absolute Gasteiger partial charge is 0.338 e. The van der Waals surface area contributed by atoms with Crippen LogP contribution in [-0.4, -0.2) is 71.1 Å². The van der Waals surface area contributed by atoms with Crippen LogP contribution in [0.2, 0.25) is 0 Å². The maximum Gasteiger partial charge on any atom is 0.338 e. The molecule has 1 atom stereocenters. The van der Waals surface area contributed by atoms with Gasteiger partial charge in [0.25, 0.3) is 5.91 Å². The van der Waals surface area contributed by atoms with Gasteiger partial charge in [0.2, 0.25) is 11.1 Å². The number of morpholine rings is 1. The third-order valence-corrected chi connectivity index (χ3v) is 7.43. The van der Waals surface area contributed by atoms with Crippen molar-refractivity contribution in [2.45, 2.75) is 23.9 Å². The van der Waals surface area contributed by atoms with Gasteiger partial charge in [0.05, 0.1) is 18.8 Å². The van der Waals surface area contributed by atoms with Crippen molar-refractivity contribution in [1.82, 2.24) is 19.7 Å². The summed E-state index contributed by atoms with van der Waals surface area (Å²) in [6.45, 7) is 7.72. The molecule has 1 aromatic heterocycles. The predicted octanol–water partition coefficient (Wildman–Crippen LogP) is 3.83. The van der Waals surface area contributed by atoms with Crippen LogP contribution in [0, 0.1) is 0 Å². The van der Waals surface area contributed by atoms with E-state index in [4.69, 9.17) is 19.3 Å². The summed E-state index contributed by atoms with van der Waals surface area (Å²) in [6, 6.07) is 16.8. The summed E-state index contributed by atoms with van der Waals surface area (Å²) < 4.78 is 18.2. The zero-order valence-corrected chi connectivity index (χ0v) is 23.1. The molecule has 1 saturated heterocycles. The Morgan fingerprint density at radius 2 is 1.90 bits per heavy atom. The van der Waals surface area contributed by atoms with Gasteiger partial charge >= 0.3 is 5.97 Å². The number of esters is 1. The average Bonchev–Trinajstić information content (AvgIpc) is 3.40. The summed E-state index contributed by atoms with van der Waals surface area (Å²) in [6.07, 6.45) is 1.53. The Hall–Kier alpha value is -4.09. The highest BCUT2D eigenvalue weighted by Crippen LogP contribution is 2.37. The average molecular weight is 562 g/mol. The highest BCUT2D eigenvalue weighted by Gasteiger charge is 2.35. The zero-order chi connectivity index (χ0) is 27.9. The molecule has 1 fully saturated rings. The minimum Gasteiger partial charge on any atom is -0.484 e. The number of anilines is 1. The van der Waals surface area contributed by atoms with E-state index in [2.05, 4.69) is 29.0 Å². The Morgan fingerprint density at radius 1 is 1.15 bits per heavy atom. The maximum absolute atomic E-state index is 13.2. The third-order valence-electron chi connectivity index (χ3n) is 6.52. The number of fused-ring (bicyclic) bond motifs is 1. The van der Waals surface area contributed by atoms with Crippen LogP contribution in [0.3, 0.4) is 0 Å². The van der Waals surface area contributed by atoms with E-state index in [9.17, 15) is 9.59 Å². The van der Waals surface area contributed by atoms with Crippen molar-refractivity contribution in [3.63, 3.8) is 0 Å². The Balaban J connectivity index is 1.37. The summed E-state index contributed by atoms with van der Waals surface area (Å²) in [4.78, 5) is 32.0. The molecule has 0 saturated carbocycles. The number of hydrogen-bond acceptors (Lipinski definition) is 9. The molecule has 0 aliphatic carbocycles. The fraction of sp³-hybridized carbons (Fsp3) is 0.310. The van der Waals surface area contributed by atoms with Crippen LogP contribution in [0.1, 0.15) is 24.1 Å². The molecule has 2 aliphatic heterocycles. The third kappa shape index (κ3) is 6.37. The number of aromatic nitrogens is 3. The van der Waals surface area contributed by atoms with E-state index in [1.165, 1.54) is 17.8 Å². The lowest BCUT2D eigenvalue weighted by Gasteiger charge is -2.28. The molecule has 11 heteroatoms. The predicted molar refractivity (Wildman–Crippen MR) is 151 cm³/mol. The van der Waals surface area contributed by atoms with Crippen molar-refractivity contribution >= 4 is 29.6 Å². The lowest BCUT2D eigenvalue weighted by molar-refractivity contribution is -0.138. The molecule has 0 spiro atoms. The fourth-order valence-corrected chi connectivity index (χ4v) is 5.28. The maximum atomic E-state index is 13.2. The number of nitrogens with zero attached hydrogens (tertiary/aromatic N) is 4. The number of allylic oxidation sites excluding steroid dienone is 1. The van der Waals surface area contributed by atoms with Crippen LogP contribution >= 0.6 is 11.8 Å². The minimum absolute atomic E-state index is 0.0555. The number of carbonyl (C=O) groups is 2. The van der Waals surface area contributed by atoms with E-state index in [0.29, 0.717) is 60.2 Å². The molecule has 1 N–H and O–H groups in total. The van der Waals surface area contributed by atoms with E-state index in [1.807, 2.05) is 37.3 Å². The number of carbonyl (C=O) groups excluding carboxylic acids is 2. The van der Waals surface area contributed by atoms with Gasteiger partial charge in [-0.25, -0.2) is 9.48 Å². The van der Waals surface area contributed by atoms with Crippen LogP contribution in [0.25, 0.3) is 0 Å². The lowest BCUT2D eigenvalue weighted by Crippen LogP contribution is -2.42. The molecule has 5 rings (SSSR count). The number of rotatable bonds is 10. The van der Waals surface area contributed by atoms with Crippen LogP contribution < -0.4 is 10.1 Å². The Labute approximate surface area is 237 Å². The molecule has 1 amide bonds. The Kier molecular flexibility index (Phi) is 8.82. The number of benzene rings is 2. The second kappa shape index (κ2) is 12.8. The molecule has 0 bridgehead atoms. The first kappa shape index (κ1) is 27.5. The first-order valence-electron chi connectivity index (χ1n) is 13.0. The van der Waals surface area contributed by atoms with E-state index in [1.54, 1.807) is 21.7 Å². The molecular formula is C29H31N5O5S. The quantitative estimate of drug-likeness (QED) is 0.225. The first-order valence-corrected chi connectivity index (χ1v) is 14.0. The van der Waals surface area contributed by atoms with Crippen LogP contribution in [-0.2, 0) is 24.8 Å². The number of nitrogens with one attached hydrogen (secondary N) is 1. The molecule has 40 heavy (non-hydrogen) atoms. The van der Waals surface area contributed by atoms with Crippen LogP contribution in [0.15, 0.2) is 83.7 Å². The fourth-order valence-electron chi connectivity index (χ4n) is 4.50. The molecule has 2 aliphatic rings. The van der Waals surface area contributed by atoms with Gasteiger partial charge in [-0.15, -0.1) is 5.10 Å². The van der Waals surface area contributed by atoms with Gasteiger partial charge in [-0.2, -0.15) is 4.98 Å². The molecular weight excluding hydrogens is 530 g/mol. The van der Waals surface area contributed by atoms with Gasteiger partial charge in [0.15, 0.2) is 6.61 Å². The minimum atomic E-state index is -0.573. The van der Waals surface area contributed by atoms with Crippen molar-refractivity contribution in [2.24, 2.45) is 0 Å². The molecule has 3 aromatic rings. The normalized spacial score (nSPS) is 16.6. The van der Waals surface area contributed by atoms with Crippen molar-refractivity contribution in [3.8, 4) is 5.75 Å². The van der Waals surface area contributed by atoms with Crippen molar-refractivity contribution < 1.29 is 23.8 Å². The topological polar surface area (TPSA) is 108 Å². The zero-order valence-electron chi connectivity index (χ0n) is 22.2. The van der Waals surface area contributed by atoms with Crippen molar-refractivity contribution in [1.29, 1.82) is 0 Å². The second-order valence-corrected chi connectivity index (χ2v) is 10.2. The van der Waals surface area contributed by atoms with E-state index in [0.717, 1.165) is 11.1 Å². The number of thioether (sulfide) groups is 1. The molecule has 208 valence electrons. The van der Waals surface area contributed by atoms with Gasteiger partial charge in [0.1, 0.15) is 18.4 Å². The van der Waals surface area contributed by atoms with E-state index < -0.39 is 12.0 Å². The summed E-state index contributed by atoms with van der Waals surface area (Å²) in [5.41, 5.74) is 3.02.